The Balaban J connectivity index is 1.58. The fraction of sp³-hybridized carbons (Fsp3) is 0.0833. The topological polar surface area (TPSA) is 123 Å². The van der Waals surface area contributed by atoms with E-state index in [1.165, 1.54) is 48.7 Å². The molecule has 0 bridgehead atoms. The van der Waals surface area contributed by atoms with E-state index in [1.807, 2.05) is 6.92 Å². The van der Waals surface area contributed by atoms with Gasteiger partial charge in [-0.1, -0.05) is 18.2 Å². The van der Waals surface area contributed by atoms with Gasteiger partial charge in [-0.05, 0) is 37.3 Å². The second-order valence-electron chi connectivity index (χ2n) is 6.84. The lowest BCUT2D eigenvalue weighted by atomic mass is 10.2. The molecular weight excluding hydrogens is 430 g/mol. The summed E-state index contributed by atoms with van der Waals surface area (Å²) in [6.45, 7) is 2.28. The third kappa shape index (κ3) is 4.85. The molecule has 0 aliphatic rings. The highest BCUT2D eigenvalue weighted by Crippen LogP contribution is 2.31. The molecule has 1 aromatic heterocycles. The molecule has 4 rings (SSSR count). The minimum atomic E-state index is -1.15. The van der Waals surface area contributed by atoms with Gasteiger partial charge < -0.3 is 23.8 Å². The van der Waals surface area contributed by atoms with Crippen molar-refractivity contribution in [3.8, 4) is 23.0 Å². The Labute approximate surface area is 187 Å². The molecule has 3 aromatic carbocycles. The molecule has 0 fully saturated rings. The fourth-order valence-corrected chi connectivity index (χ4v) is 3.10. The molecule has 0 amide bonds. The number of fused-ring (bicyclic) bond motifs is 1. The number of hydrogen-bond acceptors (Lipinski definition) is 8. The normalized spacial score (nSPS) is 11.7. The van der Waals surface area contributed by atoms with Gasteiger partial charge in [0.25, 0.3) is 0 Å². The summed E-state index contributed by atoms with van der Waals surface area (Å²) in [5.74, 6) is 0.234. The van der Waals surface area contributed by atoms with E-state index >= 15 is 0 Å². The van der Waals surface area contributed by atoms with Gasteiger partial charge in [-0.3, -0.25) is 4.79 Å². The fourth-order valence-electron chi connectivity index (χ4n) is 3.10. The van der Waals surface area contributed by atoms with Gasteiger partial charge in [0.1, 0.15) is 17.6 Å². The van der Waals surface area contributed by atoms with E-state index in [0.29, 0.717) is 18.1 Å². The van der Waals surface area contributed by atoms with Crippen LogP contribution in [0.25, 0.3) is 11.0 Å². The molecule has 0 saturated carbocycles. The Bertz CT molecular complexity index is 1360. The summed E-state index contributed by atoms with van der Waals surface area (Å²) in [4.78, 5) is 25.3. The number of carbonyl (C=O) groups excluding carboxylic acids is 1. The smallest absolute Gasteiger partial charge is 0.343 e. The Kier molecular flexibility index (Phi) is 6.36. The lowest BCUT2D eigenvalue weighted by molar-refractivity contribution is -0.991. The lowest BCUT2D eigenvalue weighted by Crippen LogP contribution is -2.99. The van der Waals surface area contributed by atoms with Crippen LogP contribution in [0.15, 0.2) is 82.2 Å². The Hall–Kier alpha value is -4.18. The highest BCUT2D eigenvalue weighted by Gasteiger charge is 2.15. The first-order valence-electron chi connectivity index (χ1n) is 9.97. The van der Waals surface area contributed by atoms with Gasteiger partial charge in [-0.2, -0.15) is 5.23 Å². The van der Waals surface area contributed by atoms with Gasteiger partial charge in [-0.25, -0.2) is 10.0 Å². The average molecular weight is 449 g/mol. The summed E-state index contributed by atoms with van der Waals surface area (Å²) in [6.07, 6.45) is 1.18. The summed E-state index contributed by atoms with van der Waals surface area (Å²) < 4.78 is 22.1. The van der Waals surface area contributed by atoms with Crippen molar-refractivity contribution in [2.75, 3.05) is 6.61 Å². The molecule has 0 saturated heterocycles. The molecule has 0 radical (unpaired) electrons. The first-order chi connectivity index (χ1) is 16.0. The van der Waals surface area contributed by atoms with Crippen LogP contribution in [-0.4, -0.2) is 17.8 Å². The van der Waals surface area contributed by atoms with E-state index in [-0.39, 0.29) is 33.7 Å². The third-order valence-corrected chi connectivity index (χ3v) is 4.64. The molecule has 9 heteroatoms. The Morgan fingerprint density at radius 3 is 2.58 bits per heavy atom. The van der Waals surface area contributed by atoms with E-state index < -0.39 is 16.6 Å². The third-order valence-electron chi connectivity index (χ3n) is 4.64. The largest absolute Gasteiger partial charge is 0.595 e. The summed E-state index contributed by atoms with van der Waals surface area (Å²) in [7, 11) is 0. The lowest BCUT2D eigenvalue weighted by Gasteiger charge is -2.12. The van der Waals surface area contributed by atoms with E-state index in [4.69, 9.17) is 23.8 Å². The molecule has 0 spiro atoms. The zero-order valence-corrected chi connectivity index (χ0v) is 17.4. The predicted molar refractivity (Wildman–Crippen MR) is 117 cm³/mol. The summed E-state index contributed by atoms with van der Waals surface area (Å²) >= 11 is 0. The quantitative estimate of drug-likeness (QED) is 0.249. The van der Waals surface area contributed by atoms with Gasteiger partial charge in [0.2, 0.25) is 11.2 Å². The summed E-state index contributed by atoms with van der Waals surface area (Å²) in [6, 6.07) is 16.7. The molecule has 2 N–H and O–H groups in total. The maximum atomic E-state index is 12.9. The van der Waals surface area contributed by atoms with Crippen molar-refractivity contribution < 1.29 is 33.9 Å². The van der Waals surface area contributed by atoms with E-state index in [1.54, 1.807) is 24.3 Å². The molecule has 33 heavy (non-hydrogen) atoms. The first-order valence-corrected chi connectivity index (χ1v) is 9.97. The standard InChI is InChI=1S/C24H19NO8/c1-2-30-19-8-3-4-9-20(19)33-22-14-31-21-13-17(10-11-18(21)23(22)26)32-24(27)15-6-5-7-16(12-15)25(28)29/h3-14,25,28H,2H2,1H3. The summed E-state index contributed by atoms with van der Waals surface area (Å²) in [5, 5.41) is 19.2. The van der Waals surface area contributed by atoms with E-state index in [2.05, 4.69) is 0 Å². The van der Waals surface area contributed by atoms with Crippen LogP contribution in [0.3, 0.4) is 0 Å². The Morgan fingerprint density at radius 2 is 1.82 bits per heavy atom. The van der Waals surface area contributed by atoms with Gasteiger partial charge in [-0.15, -0.1) is 0 Å². The maximum absolute atomic E-state index is 12.9. The number of para-hydroxylation sites is 2. The average Bonchev–Trinajstić information content (AvgIpc) is 2.82. The molecule has 0 aliphatic heterocycles. The second-order valence-corrected chi connectivity index (χ2v) is 6.84. The number of nitrogens with one attached hydrogen (secondary N) is 1. The number of ether oxygens (including phenoxy) is 3. The van der Waals surface area contributed by atoms with Crippen molar-refractivity contribution in [1.82, 2.24) is 0 Å². The van der Waals surface area contributed by atoms with Crippen molar-refractivity contribution in [2.24, 2.45) is 0 Å². The number of rotatable bonds is 7. The van der Waals surface area contributed by atoms with Crippen molar-refractivity contribution in [3.63, 3.8) is 0 Å². The number of benzene rings is 3. The van der Waals surface area contributed by atoms with Crippen molar-refractivity contribution in [1.29, 1.82) is 0 Å². The molecule has 1 atom stereocenters. The van der Waals surface area contributed by atoms with Crippen LogP contribution >= 0.6 is 0 Å². The van der Waals surface area contributed by atoms with Crippen molar-refractivity contribution in [2.45, 2.75) is 6.92 Å². The maximum Gasteiger partial charge on any atom is 0.343 e. The van der Waals surface area contributed by atoms with E-state index in [0.717, 1.165) is 0 Å². The van der Waals surface area contributed by atoms with E-state index in [9.17, 15) is 14.8 Å². The minimum absolute atomic E-state index is 0.0233. The summed E-state index contributed by atoms with van der Waals surface area (Å²) in [5.41, 5.74) is -0.176. The molecule has 168 valence electrons. The highest BCUT2D eigenvalue weighted by atomic mass is 16.8. The molecule has 0 aliphatic carbocycles. The molecule has 1 heterocycles. The van der Waals surface area contributed by atoms with Crippen LogP contribution < -0.4 is 24.9 Å². The van der Waals surface area contributed by atoms with Crippen LogP contribution in [0.2, 0.25) is 0 Å². The number of carbonyl (C=O) groups is 1. The molecule has 4 aromatic rings. The molecular formula is C24H19NO8. The second kappa shape index (κ2) is 9.53. The van der Waals surface area contributed by atoms with Gasteiger partial charge >= 0.3 is 5.97 Å². The van der Waals surface area contributed by atoms with Gasteiger partial charge in [0, 0.05) is 18.2 Å². The zero-order valence-electron chi connectivity index (χ0n) is 17.4. The number of hydrogen-bond donors (Lipinski definition) is 2. The van der Waals surface area contributed by atoms with Crippen LogP contribution in [0.4, 0.5) is 5.69 Å². The van der Waals surface area contributed by atoms with Crippen LogP contribution in [0, 0.1) is 5.21 Å². The van der Waals surface area contributed by atoms with Crippen molar-refractivity contribution >= 4 is 22.6 Å². The first kappa shape index (κ1) is 22.0. The predicted octanol–water partition coefficient (Wildman–Crippen LogP) is 3.61. The molecule has 9 nitrogen and oxygen atoms in total. The zero-order chi connectivity index (χ0) is 23.4. The van der Waals surface area contributed by atoms with Crippen LogP contribution in [-0.2, 0) is 0 Å². The SMILES string of the molecule is CCOc1ccccc1Oc1coc2cc(OC(=O)c3cccc([NH+]([O-])O)c3)ccc2c1=O. The monoisotopic (exact) mass is 449 g/mol. The Morgan fingerprint density at radius 1 is 1.03 bits per heavy atom. The molecule has 1 unspecified atom stereocenters. The number of esters is 1. The van der Waals surface area contributed by atoms with Crippen LogP contribution in [0.5, 0.6) is 23.0 Å². The number of quaternary nitrogens is 1. The highest BCUT2D eigenvalue weighted by molar-refractivity contribution is 5.92. The van der Waals surface area contributed by atoms with Crippen LogP contribution in [0.1, 0.15) is 17.3 Å². The van der Waals surface area contributed by atoms with Crippen molar-refractivity contribution in [3.05, 3.63) is 94.0 Å². The minimum Gasteiger partial charge on any atom is -0.595 e. The van der Waals surface area contributed by atoms with Gasteiger partial charge in [0.05, 0.1) is 17.6 Å². The van der Waals surface area contributed by atoms with Gasteiger partial charge in [0.15, 0.2) is 17.2 Å².